The number of carbonyl (C=O) groups excluding carboxylic acids is 3. The van der Waals surface area contributed by atoms with Crippen LogP contribution in [0.15, 0.2) is 0 Å². The molecule has 1 fully saturated rings. The molecule has 0 saturated carbocycles. The quantitative estimate of drug-likeness (QED) is 0.678. The zero-order valence-corrected chi connectivity index (χ0v) is 13.0. The molecule has 0 spiro atoms. The molecule has 0 aromatic carbocycles. The first kappa shape index (κ1) is 17.4. The van der Waals surface area contributed by atoms with Gasteiger partial charge in [0, 0.05) is 19.9 Å². The van der Waals surface area contributed by atoms with Gasteiger partial charge in [-0.3, -0.25) is 9.59 Å². The standard InChI is InChI=1S/C14H24N2O5/c1-5-8(2)12(14(20)21-4)15-13(19)11-6-10(18)7-16(11)9(3)17/h8,10-12,18H,5-7H2,1-4H3,(H,15,19)/t8-,10+,11-,12-/m0/s1. The number of amides is 2. The third-order valence-electron chi connectivity index (χ3n) is 3.95. The summed E-state index contributed by atoms with van der Waals surface area (Å²) in [6.07, 6.45) is 0.161. The van der Waals surface area contributed by atoms with Crippen molar-refractivity contribution in [1.29, 1.82) is 0 Å². The lowest BCUT2D eigenvalue weighted by atomic mass is 9.98. The number of carbonyl (C=O) groups is 3. The van der Waals surface area contributed by atoms with Gasteiger partial charge >= 0.3 is 5.97 Å². The van der Waals surface area contributed by atoms with Crippen molar-refractivity contribution in [3.05, 3.63) is 0 Å². The monoisotopic (exact) mass is 300 g/mol. The molecule has 1 aliphatic rings. The Morgan fingerprint density at radius 2 is 2.05 bits per heavy atom. The summed E-state index contributed by atoms with van der Waals surface area (Å²) >= 11 is 0. The predicted molar refractivity (Wildman–Crippen MR) is 75.2 cm³/mol. The van der Waals surface area contributed by atoms with E-state index in [4.69, 9.17) is 4.74 Å². The second kappa shape index (κ2) is 7.40. The highest BCUT2D eigenvalue weighted by Crippen LogP contribution is 2.19. The first-order valence-electron chi connectivity index (χ1n) is 7.15. The van der Waals surface area contributed by atoms with E-state index in [9.17, 15) is 19.5 Å². The zero-order valence-electron chi connectivity index (χ0n) is 13.0. The second-order valence-corrected chi connectivity index (χ2v) is 5.47. The summed E-state index contributed by atoms with van der Waals surface area (Å²) in [7, 11) is 1.27. The van der Waals surface area contributed by atoms with Crippen LogP contribution in [-0.4, -0.2) is 59.6 Å². The number of likely N-dealkylation sites (tertiary alicyclic amines) is 1. The van der Waals surface area contributed by atoms with Crippen LogP contribution in [0.4, 0.5) is 0 Å². The Morgan fingerprint density at radius 1 is 1.43 bits per heavy atom. The number of esters is 1. The molecule has 2 N–H and O–H groups in total. The molecule has 0 radical (unpaired) electrons. The lowest BCUT2D eigenvalue weighted by Crippen LogP contribution is -2.52. The van der Waals surface area contributed by atoms with Gasteiger partial charge in [-0.15, -0.1) is 0 Å². The Balaban J connectivity index is 2.81. The molecule has 1 rings (SSSR count). The van der Waals surface area contributed by atoms with E-state index in [0.717, 1.165) is 0 Å². The average Bonchev–Trinajstić information content (AvgIpc) is 2.85. The van der Waals surface area contributed by atoms with E-state index in [-0.39, 0.29) is 24.8 Å². The number of nitrogens with zero attached hydrogens (tertiary/aromatic N) is 1. The summed E-state index contributed by atoms with van der Waals surface area (Å²) in [5.41, 5.74) is 0. The highest BCUT2D eigenvalue weighted by atomic mass is 16.5. The van der Waals surface area contributed by atoms with Crippen LogP contribution in [0.5, 0.6) is 0 Å². The SMILES string of the molecule is CC[C@H](C)[C@H](NC(=O)[C@@H]1C[C@@H](O)CN1C(C)=O)C(=O)OC. The Hall–Kier alpha value is -1.63. The first-order valence-corrected chi connectivity index (χ1v) is 7.15. The molecule has 0 aromatic rings. The number of aliphatic hydroxyl groups is 1. The van der Waals surface area contributed by atoms with Crippen LogP contribution in [0.3, 0.4) is 0 Å². The minimum absolute atomic E-state index is 0.0847. The van der Waals surface area contributed by atoms with Gasteiger partial charge in [-0.25, -0.2) is 4.79 Å². The minimum Gasteiger partial charge on any atom is -0.467 e. The fourth-order valence-corrected chi connectivity index (χ4v) is 2.46. The predicted octanol–water partition coefficient (Wildman–Crippen LogP) is -0.328. The van der Waals surface area contributed by atoms with Crippen LogP contribution >= 0.6 is 0 Å². The van der Waals surface area contributed by atoms with Gasteiger partial charge in [0.05, 0.1) is 13.2 Å². The topological polar surface area (TPSA) is 95.9 Å². The fourth-order valence-electron chi connectivity index (χ4n) is 2.46. The summed E-state index contributed by atoms with van der Waals surface area (Å²) in [6.45, 7) is 5.24. The lowest BCUT2D eigenvalue weighted by molar-refractivity contribution is -0.147. The van der Waals surface area contributed by atoms with Crippen molar-refractivity contribution >= 4 is 17.8 Å². The second-order valence-electron chi connectivity index (χ2n) is 5.47. The molecule has 1 aliphatic heterocycles. The van der Waals surface area contributed by atoms with E-state index in [1.807, 2.05) is 13.8 Å². The number of aliphatic hydroxyl groups excluding tert-OH is 1. The molecular formula is C14H24N2O5. The van der Waals surface area contributed by atoms with Gasteiger partial charge in [0.15, 0.2) is 0 Å². The maximum Gasteiger partial charge on any atom is 0.328 e. The molecule has 2 amide bonds. The molecule has 7 nitrogen and oxygen atoms in total. The summed E-state index contributed by atoms with van der Waals surface area (Å²) < 4.78 is 4.71. The van der Waals surface area contributed by atoms with E-state index in [2.05, 4.69) is 5.32 Å². The van der Waals surface area contributed by atoms with E-state index >= 15 is 0 Å². The molecule has 1 saturated heterocycles. The minimum atomic E-state index is -0.751. The Bertz CT molecular complexity index is 412. The van der Waals surface area contributed by atoms with Crippen molar-refractivity contribution in [2.75, 3.05) is 13.7 Å². The molecule has 21 heavy (non-hydrogen) atoms. The zero-order chi connectivity index (χ0) is 16.2. The third-order valence-corrected chi connectivity index (χ3v) is 3.95. The van der Waals surface area contributed by atoms with Crippen molar-refractivity contribution in [3.8, 4) is 0 Å². The van der Waals surface area contributed by atoms with Gasteiger partial charge in [0.1, 0.15) is 12.1 Å². The summed E-state index contributed by atoms with van der Waals surface area (Å²) in [6, 6.07) is -1.49. The third kappa shape index (κ3) is 4.17. The van der Waals surface area contributed by atoms with Crippen molar-refractivity contribution in [2.24, 2.45) is 5.92 Å². The highest BCUT2D eigenvalue weighted by Gasteiger charge is 2.39. The average molecular weight is 300 g/mol. The number of nitrogens with one attached hydrogen (secondary N) is 1. The largest absolute Gasteiger partial charge is 0.467 e. The molecule has 1 heterocycles. The Kier molecular flexibility index (Phi) is 6.14. The smallest absolute Gasteiger partial charge is 0.328 e. The molecule has 0 aromatic heterocycles. The molecule has 120 valence electrons. The molecule has 0 unspecified atom stereocenters. The van der Waals surface area contributed by atoms with Crippen molar-refractivity contribution in [2.45, 2.75) is 51.8 Å². The van der Waals surface area contributed by atoms with Gasteiger partial charge in [-0.05, 0) is 5.92 Å². The van der Waals surface area contributed by atoms with Crippen molar-refractivity contribution in [1.82, 2.24) is 10.2 Å². The van der Waals surface area contributed by atoms with Gasteiger partial charge in [-0.2, -0.15) is 0 Å². The van der Waals surface area contributed by atoms with E-state index in [1.54, 1.807) is 0 Å². The van der Waals surface area contributed by atoms with E-state index < -0.39 is 30.1 Å². The highest BCUT2D eigenvalue weighted by molar-refractivity contribution is 5.90. The van der Waals surface area contributed by atoms with E-state index in [1.165, 1.54) is 18.9 Å². The normalized spacial score (nSPS) is 24.3. The number of hydrogen-bond donors (Lipinski definition) is 2. The van der Waals surface area contributed by atoms with Crippen LogP contribution < -0.4 is 5.32 Å². The lowest BCUT2D eigenvalue weighted by Gasteiger charge is -2.26. The van der Waals surface area contributed by atoms with Crippen molar-refractivity contribution < 1.29 is 24.2 Å². The van der Waals surface area contributed by atoms with Gasteiger partial charge in [0.25, 0.3) is 0 Å². The van der Waals surface area contributed by atoms with Crippen LogP contribution in [0.25, 0.3) is 0 Å². The first-order chi connectivity index (χ1) is 9.81. The van der Waals surface area contributed by atoms with Crippen LogP contribution in [0.2, 0.25) is 0 Å². The molecular weight excluding hydrogens is 276 g/mol. The number of β-amino-alcohol motifs (C(OH)–C–C–N with tert-alkyl or cyclic N) is 1. The van der Waals surface area contributed by atoms with Crippen LogP contribution in [-0.2, 0) is 19.1 Å². The number of rotatable bonds is 5. The van der Waals surface area contributed by atoms with Gasteiger partial charge < -0.3 is 20.1 Å². The number of hydrogen-bond acceptors (Lipinski definition) is 5. The molecule has 4 atom stereocenters. The van der Waals surface area contributed by atoms with Crippen LogP contribution in [0.1, 0.15) is 33.6 Å². The number of methoxy groups -OCH3 is 1. The summed E-state index contributed by atoms with van der Waals surface area (Å²) in [5.74, 6) is -1.30. The fraction of sp³-hybridized carbons (Fsp3) is 0.786. The van der Waals surface area contributed by atoms with Gasteiger partial charge in [-0.1, -0.05) is 20.3 Å². The molecule has 0 bridgehead atoms. The maximum absolute atomic E-state index is 12.3. The summed E-state index contributed by atoms with van der Waals surface area (Å²) in [4.78, 5) is 36.9. The van der Waals surface area contributed by atoms with Gasteiger partial charge in [0.2, 0.25) is 11.8 Å². The maximum atomic E-state index is 12.3. The van der Waals surface area contributed by atoms with E-state index in [0.29, 0.717) is 6.42 Å². The summed E-state index contributed by atoms with van der Waals surface area (Å²) in [5, 5.41) is 12.3. The molecule has 0 aliphatic carbocycles. The van der Waals surface area contributed by atoms with Crippen molar-refractivity contribution in [3.63, 3.8) is 0 Å². The molecule has 7 heteroatoms. The Labute approximate surface area is 124 Å². The Morgan fingerprint density at radius 3 is 2.52 bits per heavy atom. The van der Waals surface area contributed by atoms with Crippen LogP contribution in [0, 0.1) is 5.92 Å². The number of ether oxygens (including phenoxy) is 1.